The molecule has 0 aromatic heterocycles. The van der Waals surface area contributed by atoms with Crippen LogP contribution < -0.4 is 5.32 Å². The van der Waals surface area contributed by atoms with E-state index in [0.29, 0.717) is 5.92 Å². The number of rotatable bonds is 2. The highest BCUT2D eigenvalue weighted by atomic mass is 16.2. The van der Waals surface area contributed by atoms with Crippen LogP contribution in [-0.4, -0.2) is 30.9 Å². The summed E-state index contributed by atoms with van der Waals surface area (Å²) in [6, 6.07) is 6.37. The van der Waals surface area contributed by atoms with Gasteiger partial charge in [-0.3, -0.25) is 4.79 Å². The standard InChI is InChI=1S/C16H22N2O/c1-11-9-18(2)10-15(11)16(19)17-14-7-6-12-4-3-5-13(12)8-14/h6-8,11,15H,3-5,9-10H2,1-2H3,(H,17,19)/t11-,15+/m1/s1. The third-order valence-electron chi connectivity index (χ3n) is 4.50. The van der Waals surface area contributed by atoms with E-state index in [0.717, 1.165) is 25.2 Å². The molecule has 1 aromatic carbocycles. The summed E-state index contributed by atoms with van der Waals surface area (Å²) in [5.41, 5.74) is 3.83. The van der Waals surface area contributed by atoms with Crippen molar-refractivity contribution in [2.45, 2.75) is 26.2 Å². The second-order valence-corrected chi connectivity index (χ2v) is 6.13. The number of hydrogen-bond acceptors (Lipinski definition) is 2. The third-order valence-corrected chi connectivity index (χ3v) is 4.50. The molecule has 2 atom stereocenters. The molecule has 102 valence electrons. The average molecular weight is 258 g/mol. The number of carbonyl (C=O) groups is 1. The highest BCUT2D eigenvalue weighted by molar-refractivity contribution is 5.93. The maximum absolute atomic E-state index is 12.3. The Morgan fingerprint density at radius 2 is 2.05 bits per heavy atom. The Bertz CT molecular complexity index is 498. The predicted molar refractivity (Wildman–Crippen MR) is 77.2 cm³/mol. The molecule has 0 bridgehead atoms. The van der Waals surface area contributed by atoms with Crippen molar-refractivity contribution in [1.82, 2.24) is 4.90 Å². The number of benzene rings is 1. The van der Waals surface area contributed by atoms with Crippen LogP contribution in [0.1, 0.15) is 24.5 Å². The molecule has 0 radical (unpaired) electrons. The van der Waals surface area contributed by atoms with Gasteiger partial charge in [-0.05, 0) is 55.5 Å². The van der Waals surface area contributed by atoms with E-state index >= 15 is 0 Å². The summed E-state index contributed by atoms with van der Waals surface area (Å²) >= 11 is 0. The Kier molecular flexibility index (Phi) is 3.31. The van der Waals surface area contributed by atoms with E-state index in [1.54, 1.807) is 0 Å². The first-order valence-electron chi connectivity index (χ1n) is 7.24. The van der Waals surface area contributed by atoms with Gasteiger partial charge in [-0.25, -0.2) is 0 Å². The lowest BCUT2D eigenvalue weighted by molar-refractivity contribution is -0.120. The topological polar surface area (TPSA) is 32.3 Å². The molecule has 1 aromatic rings. The van der Waals surface area contributed by atoms with Crippen molar-refractivity contribution in [3.05, 3.63) is 29.3 Å². The normalized spacial score (nSPS) is 26.4. The van der Waals surface area contributed by atoms with Crippen molar-refractivity contribution in [2.24, 2.45) is 11.8 Å². The molecule has 0 unspecified atom stereocenters. The maximum atomic E-state index is 12.3. The van der Waals surface area contributed by atoms with Crippen LogP contribution in [0.4, 0.5) is 5.69 Å². The van der Waals surface area contributed by atoms with Crippen LogP contribution in [0.15, 0.2) is 18.2 Å². The molecule has 1 amide bonds. The predicted octanol–water partition coefficient (Wildman–Crippen LogP) is 2.31. The Labute approximate surface area is 115 Å². The molecule has 1 aliphatic carbocycles. The van der Waals surface area contributed by atoms with Gasteiger partial charge in [0.15, 0.2) is 0 Å². The van der Waals surface area contributed by atoms with Crippen LogP contribution in [-0.2, 0) is 17.6 Å². The Morgan fingerprint density at radius 1 is 1.26 bits per heavy atom. The van der Waals surface area contributed by atoms with E-state index in [1.807, 2.05) is 6.07 Å². The Hall–Kier alpha value is -1.35. The minimum atomic E-state index is 0.123. The van der Waals surface area contributed by atoms with E-state index in [4.69, 9.17) is 0 Å². The molecule has 19 heavy (non-hydrogen) atoms. The Balaban J connectivity index is 1.69. The van der Waals surface area contributed by atoms with Crippen LogP contribution in [0.5, 0.6) is 0 Å². The molecule has 3 heteroatoms. The van der Waals surface area contributed by atoms with Gasteiger partial charge in [0, 0.05) is 18.8 Å². The number of nitrogens with zero attached hydrogens (tertiary/aromatic N) is 1. The van der Waals surface area contributed by atoms with E-state index in [1.165, 1.54) is 24.0 Å². The van der Waals surface area contributed by atoms with Crippen molar-refractivity contribution in [3.63, 3.8) is 0 Å². The molecular weight excluding hydrogens is 236 g/mol. The van der Waals surface area contributed by atoms with Crippen LogP contribution in [0, 0.1) is 11.8 Å². The minimum Gasteiger partial charge on any atom is -0.326 e. The lowest BCUT2D eigenvalue weighted by atomic mass is 9.97. The number of aryl methyl sites for hydroxylation is 2. The van der Waals surface area contributed by atoms with E-state index in [2.05, 4.69) is 36.3 Å². The smallest absolute Gasteiger partial charge is 0.229 e. The molecule has 1 fully saturated rings. The van der Waals surface area contributed by atoms with E-state index < -0.39 is 0 Å². The first kappa shape index (κ1) is 12.7. The molecule has 3 rings (SSSR count). The zero-order chi connectivity index (χ0) is 13.4. The summed E-state index contributed by atoms with van der Waals surface area (Å²) in [6.45, 7) is 4.05. The lowest BCUT2D eigenvalue weighted by Crippen LogP contribution is -2.28. The summed E-state index contributed by atoms with van der Waals surface area (Å²) < 4.78 is 0. The minimum absolute atomic E-state index is 0.123. The monoisotopic (exact) mass is 258 g/mol. The van der Waals surface area contributed by atoms with Crippen molar-refractivity contribution >= 4 is 11.6 Å². The van der Waals surface area contributed by atoms with Gasteiger partial charge in [0.2, 0.25) is 5.91 Å². The number of nitrogens with one attached hydrogen (secondary N) is 1. The fourth-order valence-corrected chi connectivity index (χ4v) is 3.43. The fraction of sp³-hybridized carbons (Fsp3) is 0.562. The van der Waals surface area contributed by atoms with Crippen molar-refractivity contribution in [2.75, 3.05) is 25.5 Å². The number of carbonyl (C=O) groups excluding carboxylic acids is 1. The Morgan fingerprint density at radius 3 is 2.79 bits per heavy atom. The number of amides is 1. The second kappa shape index (κ2) is 4.97. The summed E-state index contributed by atoms with van der Waals surface area (Å²) in [6.07, 6.45) is 3.59. The van der Waals surface area contributed by atoms with Gasteiger partial charge in [-0.1, -0.05) is 13.0 Å². The summed E-state index contributed by atoms with van der Waals surface area (Å²) in [7, 11) is 2.08. The molecule has 2 aliphatic rings. The third kappa shape index (κ3) is 2.52. The van der Waals surface area contributed by atoms with Gasteiger partial charge < -0.3 is 10.2 Å². The van der Waals surface area contributed by atoms with Crippen molar-refractivity contribution < 1.29 is 4.79 Å². The van der Waals surface area contributed by atoms with Crippen LogP contribution >= 0.6 is 0 Å². The zero-order valence-corrected chi connectivity index (χ0v) is 11.8. The van der Waals surface area contributed by atoms with Crippen LogP contribution in [0.2, 0.25) is 0 Å². The van der Waals surface area contributed by atoms with Crippen LogP contribution in [0.25, 0.3) is 0 Å². The fourth-order valence-electron chi connectivity index (χ4n) is 3.43. The molecule has 0 spiro atoms. The van der Waals surface area contributed by atoms with Gasteiger partial charge in [-0.15, -0.1) is 0 Å². The number of hydrogen-bond donors (Lipinski definition) is 1. The molecule has 1 saturated heterocycles. The van der Waals surface area contributed by atoms with Gasteiger partial charge >= 0.3 is 0 Å². The van der Waals surface area contributed by atoms with E-state index in [-0.39, 0.29) is 11.8 Å². The molecule has 3 nitrogen and oxygen atoms in total. The number of likely N-dealkylation sites (tertiary alicyclic amines) is 1. The molecule has 1 aliphatic heterocycles. The molecule has 1 heterocycles. The molecule has 1 N–H and O–H groups in total. The lowest BCUT2D eigenvalue weighted by Gasteiger charge is -2.15. The molecule has 0 saturated carbocycles. The first-order valence-corrected chi connectivity index (χ1v) is 7.24. The van der Waals surface area contributed by atoms with Gasteiger partial charge in [0.25, 0.3) is 0 Å². The molecular formula is C16H22N2O. The van der Waals surface area contributed by atoms with Crippen molar-refractivity contribution in [1.29, 1.82) is 0 Å². The van der Waals surface area contributed by atoms with Gasteiger partial charge in [-0.2, -0.15) is 0 Å². The highest BCUT2D eigenvalue weighted by Gasteiger charge is 2.32. The largest absolute Gasteiger partial charge is 0.326 e. The summed E-state index contributed by atoms with van der Waals surface area (Å²) in [5, 5.41) is 3.10. The maximum Gasteiger partial charge on any atom is 0.229 e. The van der Waals surface area contributed by atoms with E-state index in [9.17, 15) is 4.79 Å². The summed E-state index contributed by atoms with van der Waals surface area (Å²) in [5.74, 6) is 0.743. The van der Waals surface area contributed by atoms with Gasteiger partial charge in [0.1, 0.15) is 0 Å². The SMILES string of the molecule is C[C@@H]1CN(C)C[C@@H]1C(=O)Nc1ccc2c(c1)CCC2. The van der Waals surface area contributed by atoms with Gasteiger partial charge in [0.05, 0.1) is 5.92 Å². The average Bonchev–Trinajstić information content (AvgIpc) is 2.94. The first-order chi connectivity index (χ1) is 9.13. The quantitative estimate of drug-likeness (QED) is 0.883. The second-order valence-electron chi connectivity index (χ2n) is 6.13. The summed E-state index contributed by atoms with van der Waals surface area (Å²) in [4.78, 5) is 14.6. The van der Waals surface area contributed by atoms with Crippen LogP contribution in [0.3, 0.4) is 0 Å². The van der Waals surface area contributed by atoms with Crippen molar-refractivity contribution in [3.8, 4) is 0 Å². The zero-order valence-electron chi connectivity index (χ0n) is 11.8. The highest BCUT2D eigenvalue weighted by Crippen LogP contribution is 2.27. The number of anilines is 1. The number of fused-ring (bicyclic) bond motifs is 1.